The zero-order chi connectivity index (χ0) is 15.3. The predicted molar refractivity (Wildman–Crippen MR) is 83.2 cm³/mol. The van der Waals surface area contributed by atoms with Crippen molar-refractivity contribution in [1.82, 2.24) is 4.90 Å². The Bertz CT molecular complexity index is 337. The molecular formula is C17H31NO3. The van der Waals surface area contributed by atoms with Crippen LogP contribution in [0.2, 0.25) is 0 Å². The molecule has 1 amide bonds. The number of carbonyl (C=O) groups excluding carboxylic acids is 1. The number of likely N-dealkylation sites (tertiary alicyclic amines) is 1. The summed E-state index contributed by atoms with van der Waals surface area (Å²) in [7, 11) is 0. The van der Waals surface area contributed by atoms with Crippen molar-refractivity contribution in [3.05, 3.63) is 0 Å². The molecule has 0 aliphatic carbocycles. The molecule has 2 aliphatic rings. The standard InChI is InChI=1S/C17H31NO3/c1-4-20-9-7-15-8-10-21-17(11-15)12-18(13-17)16(19)6-5-14(2)3/h14-15H,4-13H2,1-3H3/t15-/m1/s1. The van der Waals surface area contributed by atoms with Crippen LogP contribution in [0.15, 0.2) is 0 Å². The van der Waals surface area contributed by atoms with Crippen LogP contribution in [0.4, 0.5) is 0 Å². The van der Waals surface area contributed by atoms with E-state index in [1.165, 1.54) is 0 Å². The van der Waals surface area contributed by atoms with Gasteiger partial charge in [-0.25, -0.2) is 0 Å². The maximum atomic E-state index is 12.1. The van der Waals surface area contributed by atoms with E-state index in [4.69, 9.17) is 9.47 Å². The molecule has 0 N–H and O–H groups in total. The van der Waals surface area contributed by atoms with Gasteiger partial charge in [0, 0.05) is 26.2 Å². The minimum Gasteiger partial charge on any atom is -0.382 e. The maximum Gasteiger partial charge on any atom is 0.222 e. The lowest BCUT2D eigenvalue weighted by Gasteiger charge is -2.53. The molecule has 1 atom stereocenters. The fourth-order valence-corrected chi connectivity index (χ4v) is 3.39. The third-order valence-electron chi connectivity index (χ3n) is 4.72. The van der Waals surface area contributed by atoms with Gasteiger partial charge in [-0.3, -0.25) is 4.79 Å². The van der Waals surface area contributed by atoms with Crippen molar-refractivity contribution >= 4 is 5.91 Å². The van der Waals surface area contributed by atoms with E-state index < -0.39 is 0 Å². The van der Waals surface area contributed by atoms with Crippen molar-refractivity contribution < 1.29 is 14.3 Å². The average molecular weight is 297 g/mol. The minimum atomic E-state index is -0.0391. The second-order valence-electron chi connectivity index (χ2n) is 7.06. The van der Waals surface area contributed by atoms with Crippen LogP contribution >= 0.6 is 0 Å². The average Bonchev–Trinajstić information content (AvgIpc) is 2.42. The Hall–Kier alpha value is -0.610. The zero-order valence-electron chi connectivity index (χ0n) is 13.9. The van der Waals surface area contributed by atoms with Crippen molar-refractivity contribution in [2.75, 3.05) is 32.9 Å². The molecule has 0 aromatic heterocycles. The van der Waals surface area contributed by atoms with E-state index in [0.717, 1.165) is 58.6 Å². The molecule has 2 heterocycles. The van der Waals surface area contributed by atoms with Crippen LogP contribution < -0.4 is 0 Å². The van der Waals surface area contributed by atoms with Gasteiger partial charge in [-0.05, 0) is 44.4 Å². The van der Waals surface area contributed by atoms with E-state index in [-0.39, 0.29) is 5.60 Å². The summed E-state index contributed by atoms with van der Waals surface area (Å²) < 4.78 is 11.5. The topological polar surface area (TPSA) is 38.8 Å². The quantitative estimate of drug-likeness (QED) is 0.678. The first-order chi connectivity index (χ1) is 10.0. The van der Waals surface area contributed by atoms with Crippen LogP contribution in [-0.4, -0.2) is 49.3 Å². The number of nitrogens with zero attached hydrogens (tertiary/aromatic N) is 1. The van der Waals surface area contributed by atoms with Crippen LogP contribution in [-0.2, 0) is 14.3 Å². The molecule has 0 aromatic carbocycles. The number of carbonyl (C=O) groups is 1. The van der Waals surface area contributed by atoms with E-state index in [9.17, 15) is 4.79 Å². The van der Waals surface area contributed by atoms with Gasteiger partial charge in [-0.15, -0.1) is 0 Å². The van der Waals surface area contributed by atoms with Crippen molar-refractivity contribution in [2.45, 2.75) is 58.5 Å². The first kappa shape index (κ1) is 16.8. The fourth-order valence-electron chi connectivity index (χ4n) is 3.39. The number of rotatable bonds is 7. The molecule has 0 unspecified atom stereocenters. The summed E-state index contributed by atoms with van der Waals surface area (Å²) in [5, 5.41) is 0. The Labute approximate surface area is 129 Å². The van der Waals surface area contributed by atoms with Crippen LogP contribution in [0.25, 0.3) is 0 Å². The second kappa shape index (κ2) is 7.59. The lowest BCUT2D eigenvalue weighted by Crippen LogP contribution is -2.66. The van der Waals surface area contributed by atoms with Crippen LogP contribution in [0.1, 0.15) is 52.9 Å². The summed E-state index contributed by atoms with van der Waals surface area (Å²) in [6.45, 7) is 10.5. The van der Waals surface area contributed by atoms with Gasteiger partial charge in [-0.2, -0.15) is 0 Å². The highest BCUT2D eigenvalue weighted by Crippen LogP contribution is 2.38. The van der Waals surface area contributed by atoms with Gasteiger partial charge in [0.2, 0.25) is 5.91 Å². The van der Waals surface area contributed by atoms with Gasteiger partial charge in [0.05, 0.1) is 13.1 Å². The van der Waals surface area contributed by atoms with Crippen LogP contribution in [0.5, 0.6) is 0 Å². The highest BCUT2D eigenvalue weighted by molar-refractivity contribution is 5.77. The number of ether oxygens (including phenoxy) is 2. The fraction of sp³-hybridized carbons (Fsp3) is 0.941. The molecule has 0 saturated carbocycles. The van der Waals surface area contributed by atoms with Gasteiger partial charge in [0.1, 0.15) is 5.60 Å². The summed E-state index contributed by atoms with van der Waals surface area (Å²) in [5.74, 6) is 1.59. The van der Waals surface area contributed by atoms with Crippen LogP contribution in [0.3, 0.4) is 0 Å². The normalized spacial score (nSPS) is 24.4. The number of amides is 1. The first-order valence-electron chi connectivity index (χ1n) is 8.54. The predicted octanol–water partition coefficient (Wildman–Crippen LogP) is 2.86. The largest absolute Gasteiger partial charge is 0.382 e. The molecule has 122 valence electrons. The van der Waals surface area contributed by atoms with Gasteiger partial charge in [0.15, 0.2) is 0 Å². The Morgan fingerprint density at radius 2 is 2.19 bits per heavy atom. The third-order valence-corrected chi connectivity index (χ3v) is 4.72. The summed E-state index contributed by atoms with van der Waals surface area (Å²) in [6.07, 6.45) is 5.02. The highest BCUT2D eigenvalue weighted by atomic mass is 16.5. The molecule has 21 heavy (non-hydrogen) atoms. The van der Waals surface area contributed by atoms with Crippen molar-refractivity contribution in [3.63, 3.8) is 0 Å². The zero-order valence-corrected chi connectivity index (χ0v) is 13.9. The first-order valence-corrected chi connectivity index (χ1v) is 8.54. The van der Waals surface area contributed by atoms with Gasteiger partial charge in [-0.1, -0.05) is 13.8 Å². The summed E-state index contributed by atoms with van der Waals surface area (Å²) in [4.78, 5) is 14.1. The summed E-state index contributed by atoms with van der Waals surface area (Å²) >= 11 is 0. The van der Waals surface area contributed by atoms with Gasteiger partial charge >= 0.3 is 0 Å². The number of hydrogen-bond donors (Lipinski definition) is 0. The Morgan fingerprint density at radius 3 is 2.86 bits per heavy atom. The molecule has 2 aliphatic heterocycles. The third kappa shape index (κ3) is 4.68. The van der Waals surface area contributed by atoms with E-state index in [2.05, 4.69) is 13.8 Å². The smallest absolute Gasteiger partial charge is 0.222 e. The molecular weight excluding hydrogens is 266 g/mol. The van der Waals surface area contributed by atoms with E-state index in [1.54, 1.807) is 0 Å². The van der Waals surface area contributed by atoms with E-state index >= 15 is 0 Å². The lowest BCUT2D eigenvalue weighted by atomic mass is 9.79. The van der Waals surface area contributed by atoms with Gasteiger partial charge in [0.25, 0.3) is 0 Å². The summed E-state index contributed by atoms with van der Waals surface area (Å²) in [6, 6.07) is 0. The molecule has 0 radical (unpaired) electrons. The molecule has 2 rings (SSSR count). The highest BCUT2D eigenvalue weighted by Gasteiger charge is 2.48. The Balaban J connectivity index is 1.71. The minimum absolute atomic E-state index is 0.0391. The Morgan fingerprint density at radius 1 is 1.43 bits per heavy atom. The van der Waals surface area contributed by atoms with Crippen molar-refractivity contribution in [3.8, 4) is 0 Å². The Kier molecular flexibility index (Phi) is 6.06. The monoisotopic (exact) mass is 297 g/mol. The second-order valence-corrected chi connectivity index (χ2v) is 7.06. The molecule has 4 heteroatoms. The molecule has 0 bridgehead atoms. The SMILES string of the molecule is CCOCC[C@@H]1CCOC2(C1)CN(C(=O)CCC(C)C)C2. The van der Waals surface area contributed by atoms with Gasteiger partial charge < -0.3 is 14.4 Å². The summed E-state index contributed by atoms with van der Waals surface area (Å²) in [5.41, 5.74) is -0.0391. The molecule has 1 spiro atoms. The van der Waals surface area contributed by atoms with E-state index in [1.807, 2.05) is 11.8 Å². The number of hydrogen-bond acceptors (Lipinski definition) is 3. The van der Waals surface area contributed by atoms with E-state index in [0.29, 0.717) is 24.2 Å². The van der Waals surface area contributed by atoms with Crippen molar-refractivity contribution in [2.24, 2.45) is 11.8 Å². The van der Waals surface area contributed by atoms with Crippen LogP contribution in [0, 0.1) is 11.8 Å². The molecule has 2 fully saturated rings. The molecule has 2 saturated heterocycles. The van der Waals surface area contributed by atoms with Crippen molar-refractivity contribution in [1.29, 1.82) is 0 Å². The molecule has 4 nitrogen and oxygen atoms in total. The maximum absolute atomic E-state index is 12.1. The lowest BCUT2D eigenvalue weighted by molar-refractivity contribution is -0.189. The molecule has 0 aromatic rings.